The third-order valence-electron chi connectivity index (χ3n) is 2.90. The molecule has 1 aliphatic rings. The van der Waals surface area contributed by atoms with E-state index in [1.165, 1.54) is 0 Å². The smallest absolute Gasteiger partial charge is 0.224 e. The maximum absolute atomic E-state index is 11.7. The van der Waals surface area contributed by atoms with E-state index >= 15 is 0 Å². The number of nitrogens with one attached hydrogen (secondary N) is 1. The van der Waals surface area contributed by atoms with Crippen LogP contribution in [0.25, 0.3) is 0 Å². The van der Waals surface area contributed by atoms with Gasteiger partial charge in [-0.25, -0.2) is 0 Å². The Balaban J connectivity index is 1.81. The van der Waals surface area contributed by atoms with Crippen molar-refractivity contribution in [2.45, 2.75) is 25.0 Å². The van der Waals surface area contributed by atoms with E-state index in [1.807, 2.05) is 24.3 Å². The molecule has 1 N–H and O–H groups in total. The summed E-state index contributed by atoms with van der Waals surface area (Å²) in [7, 11) is 3.29. The van der Waals surface area contributed by atoms with Gasteiger partial charge in [-0.1, -0.05) is 12.1 Å². The molecule has 0 aliphatic heterocycles. The summed E-state index contributed by atoms with van der Waals surface area (Å²) in [6.07, 6.45) is 1.52. The van der Waals surface area contributed by atoms with Crippen molar-refractivity contribution in [2.24, 2.45) is 0 Å². The quantitative estimate of drug-likeness (QED) is 0.832. The molecule has 2 atom stereocenters. The van der Waals surface area contributed by atoms with Crippen LogP contribution in [-0.4, -0.2) is 32.3 Å². The number of carbonyl (C=O) groups excluding carboxylic acids is 1. The van der Waals surface area contributed by atoms with Crippen LogP contribution < -0.4 is 10.1 Å². The highest BCUT2D eigenvalue weighted by molar-refractivity contribution is 5.79. The molecule has 4 nitrogen and oxygen atoms in total. The molecule has 4 heteroatoms. The Kier molecular flexibility index (Phi) is 3.64. The van der Waals surface area contributed by atoms with Crippen molar-refractivity contribution in [1.29, 1.82) is 0 Å². The molecule has 17 heavy (non-hydrogen) atoms. The van der Waals surface area contributed by atoms with E-state index < -0.39 is 0 Å². The van der Waals surface area contributed by atoms with Gasteiger partial charge in [0.1, 0.15) is 5.75 Å². The van der Waals surface area contributed by atoms with Gasteiger partial charge < -0.3 is 14.8 Å². The highest BCUT2D eigenvalue weighted by Gasteiger charge is 2.38. The number of hydrogen-bond donors (Lipinski definition) is 1. The maximum Gasteiger partial charge on any atom is 0.224 e. The lowest BCUT2D eigenvalue weighted by atomic mass is 10.1. The van der Waals surface area contributed by atoms with Crippen molar-refractivity contribution in [1.82, 2.24) is 5.32 Å². The number of amides is 1. The predicted molar refractivity (Wildman–Crippen MR) is 64.0 cm³/mol. The van der Waals surface area contributed by atoms with Crippen molar-refractivity contribution in [3.05, 3.63) is 29.8 Å². The van der Waals surface area contributed by atoms with Gasteiger partial charge in [-0.15, -0.1) is 0 Å². The second kappa shape index (κ2) is 5.19. The summed E-state index contributed by atoms with van der Waals surface area (Å²) < 4.78 is 10.2. The van der Waals surface area contributed by atoms with Crippen molar-refractivity contribution in [3.63, 3.8) is 0 Å². The van der Waals surface area contributed by atoms with Crippen LogP contribution in [0.4, 0.5) is 0 Å². The number of hydrogen-bond acceptors (Lipinski definition) is 3. The predicted octanol–water partition coefficient (Wildman–Crippen LogP) is 1.14. The first-order valence-electron chi connectivity index (χ1n) is 5.68. The van der Waals surface area contributed by atoms with E-state index in [-0.39, 0.29) is 18.1 Å². The SMILES string of the molecule is COc1ccc(CC(=O)NC2CC2OC)cc1. The Hall–Kier alpha value is -1.55. The molecule has 1 aromatic carbocycles. The number of benzene rings is 1. The van der Waals surface area contributed by atoms with Crippen molar-refractivity contribution in [3.8, 4) is 5.75 Å². The molecule has 1 amide bonds. The van der Waals surface area contributed by atoms with Crippen LogP contribution in [0.15, 0.2) is 24.3 Å². The molecule has 1 aliphatic carbocycles. The van der Waals surface area contributed by atoms with Crippen LogP contribution in [0.1, 0.15) is 12.0 Å². The molecular formula is C13H17NO3. The Bertz CT molecular complexity index is 388. The monoisotopic (exact) mass is 235 g/mol. The lowest BCUT2D eigenvalue weighted by Gasteiger charge is -2.05. The molecule has 1 saturated carbocycles. The van der Waals surface area contributed by atoms with Crippen LogP contribution in [-0.2, 0) is 16.0 Å². The third kappa shape index (κ3) is 3.20. The molecule has 92 valence electrons. The first kappa shape index (κ1) is 11.9. The second-order valence-electron chi connectivity index (χ2n) is 4.21. The van der Waals surface area contributed by atoms with Crippen LogP contribution in [0, 0.1) is 0 Å². The highest BCUT2D eigenvalue weighted by Crippen LogP contribution is 2.24. The zero-order chi connectivity index (χ0) is 12.3. The van der Waals surface area contributed by atoms with Gasteiger partial charge in [0, 0.05) is 7.11 Å². The van der Waals surface area contributed by atoms with Gasteiger partial charge in [0.2, 0.25) is 5.91 Å². The minimum Gasteiger partial charge on any atom is -0.497 e. The molecule has 1 fully saturated rings. The first-order chi connectivity index (χ1) is 8.22. The summed E-state index contributed by atoms with van der Waals surface area (Å²) in [5.41, 5.74) is 0.984. The zero-order valence-corrected chi connectivity index (χ0v) is 10.1. The Morgan fingerprint density at radius 1 is 1.35 bits per heavy atom. The van der Waals surface area contributed by atoms with Crippen LogP contribution >= 0.6 is 0 Å². The number of rotatable bonds is 5. The van der Waals surface area contributed by atoms with E-state index in [0.29, 0.717) is 6.42 Å². The van der Waals surface area contributed by atoms with Crippen LogP contribution in [0.3, 0.4) is 0 Å². The molecule has 0 bridgehead atoms. The Morgan fingerprint density at radius 3 is 2.59 bits per heavy atom. The average molecular weight is 235 g/mol. The highest BCUT2D eigenvalue weighted by atomic mass is 16.5. The summed E-state index contributed by atoms with van der Waals surface area (Å²) in [6.45, 7) is 0. The summed E-state index contributed by atoms with van der Waals surface area (Å²) in [5, 5.41) is 2.94. The number of carbonyl (C=O) groups is 1. The van der Waals surface area contributed by atoms with E-state index in [1.54, 1.807) is 14.2 Å². The standard InChI is InChI=1S/C13H17NO3/c1-16-10-5-3-9(4-6-10)7-13(15)14-11-8-12(11)17-2/h3-6,11-12H,7-8H2,1-2H3,(H,14,15). The molecule has 0 saturated heterocycles. The van der Waals surface area contributed by atoms with E-state index in [4.69, 9.17) is 9.47 Å². The average Bonchev–Trinajstić information content (AvgIpc) is 3.08. The summed E-state index contributed by atoms with van der Waals surface area (Å²) in [5.74, 6) is 0.843. The molecule has 0 aromatic heterocycles. The normalized spacial score (nSPS) is 22.0. The Morgan fingerprint density at radius 2 is 2.06 bits per heavy atom. The van der Waals surface area contributed by atoms with Crippen LogP contribution in [0.5, 0.6) is 5.75 Å². The fourth-order valence-electron chi connectivity index (χ4n) is 1.77. The topological polar surface area (TPSA) is 47.6 Å². The third-order valence-corrected chi connectivity index (χ3v) is 2.90. The fraction of sp³-hybridized carbons (Fsp3) is 0.462. The van der Waals surface area contributed by atoms with Crippen molar-refractivity contribution in [2.75, 3.05) is 14.2 Å². The van der Waals surface area contributed by atoms with Gasteiger partial charge in [0.15, 0.2) is 0 Å². The zero-order valence-electron chi connectivity index (χ0n) is 10.1. The van der Waals surface area contributed by atoms with Gasteiger partial charge in [-0.05, 0) is 24.1 Å². The molecule has 0 radical (unpaired) electrons. The largest absolute Gasteiger partial charge is 0.497 e. The Labute approximate surface area is 101 Å². The van der Waals surface area contributed by atoms with E-state index in [9.17, 15) is 4.79 Å². The summed E-state index contributed by atoms with van der Waals surface area (Å²) in [6, 6.07) is 7.72. The molecule has 0 spiro atoms. The van der Waals surface area contributed by atoms with E-state index in [0.717, 1.165) is 17.7 Å². The van der Waals surface area contributed by atoms with Gasteiger partial charge in [-0.3, -0.25) is 4.79 Å². The van der Waals surface area contributed by atoms with Crippen molar-refractivity contribution < 1.29 is 14.3 Å². The minimum atomic E-state index is 0.0414. The molecule has 0 heterocycles. The fourth-order valence-corrected chi connectivity index (χ4v) is 1.77. The lowest BCUT2D eigenvalue weighted by Crippen LogP contribution is -2.29. The summed E-state index contributed by atoms with van der Waals surface area (Å²) in [4.78, 5) is 11.7. The second-order valence-corrected chi connectivity index (χ2v) is 4.21. The van der Waals surface area contributed by atoms with Crippen LogP contribution in [0.2, 0.25) is 0 Å². The molecular weight excluding hydrogens is 218 g/mol. The molecule has 2 rings (SSSR count). The minimum absolute atomic E-state index is 0.0414. The molecule has 2 unspecified atom stereocenters. The van der Waals surface area contributed by atoms with Gasteiger partial charge in [0.05, 0.1) is 25.7 Å². The van der Waals surface area contributed by atoms with Gasteiger partial charge in [-0.2, -0.15) is 0 Å². The van der Waals surface area contributed by atoms with E-state index in [2.05, 4.69) is 5.32 Å². The lowest BCUT2D eigenvalue weighted by molar-refractivity contribution is -0.120. The molecule has 1 aromatic rings. The number of ether oxygens (including phenoxy) is 2. The maximum atomic E-state index is 11.7. The summed E-state index contributed by atoms with van der Waals surface area (Å²) >= 11 is 0. The van der Waals surface area contributed by atoms with Gasteiger partial charge >= 0.3 is 0 Å². The van der Waals surface area contributed by atoms with Gasteiger partial charge in [0.25, 0.3) is 0 Å². The number of methoxy groups -OCH3 is 2. The first-order valence-corrected chi connectivity index (χ1v) is 5.68. The van der Waals surface area contributed by atoms with Crippen molar-refractivity contribution >= 4 is 5.91 Å².